The normalized spacial score (nSPS) is 14.3. The number of benzene rings is 7. The summed E-state index contributed by atoms with van der Waals surface area (Å²) in [5.74, 6) is 1.57. The molecule has 0 aliphatic carbocycles. The van der Waals surface area contributed by atoms with Crippen molar-refractivity contribution >= 4 is 33.6 Å². The summed E-state index contributed by atoms with van der Waals surface area (Å²) in [7, 11) is 0. The van der Waals surface area contributed by atoms with Gasteiger partial charge in [0.25, 0.3) is 0 Å². The first-order valence-electron chi connectivity index (χ1n) is 16.5. The molecular weight excluding hydrogens is 599 g/mol. The Labute approximate surface area is 284 Å². The molecule has 8 aromatic rings. The summed E-state index contributed by atoms with van der Waals surface area (Å²) in [6.07, 6.45) is -0.417. The fourth-order valence-corrected chi connectivity index (χ4v) is 6.74. The molecule has 2 heterocycles. The van der Waals surface area contributed by atoms with Crippen molar-refractivity contribution in [2.45, 2.75) is 6.17 Å². The van der Waals surface area contributed by atoms with Gasteiger partial charge in [0.2, 0.25) is 0 Å². The largest absolute Gasteiger partial charge is 0.456 e. The van der Waals surface area contributed by atoms with Crippen molar-refractivity contribution in [1.82, 2.24) is 5.32 Å². The molecule has 4 nitrogen and oxygen atoms in total. The van der Waals surface area contributed by atoms with E-state index >= 15 is 0 Å². The van der Waals surface area contributed by atoms with Gasteiger partial charge in [-0.3, -0.25) is 0 Å². The van der Waals surface area contributed by atoms with Crippen LogP contribution >= 0.6 is 0 Å². The van der Waals surface area contributed by atoms with Crippen molar-refractivity contribution in [2.75, 3.05) is 0 Å². The van der Waals surface area contributed by atoms with E-state index in [1.54, 1.807) is 0 Å². The van der Waals surface area contributed by atoms with Crippen molar-refractivity contribution in [2.24, 2.45) is 9.98 Å². The lowest BCUT2D eigenvalue weighted by atomic mass is 9.94. The van der Waals surface area contributed by atoms with Crippen LogP contribution in [0.2, 0.25) is 0 Å². The number of hydrogen-bond donors (Lipinski definition) is 1. The van der Waals surface area contributed by atoms with Crippen LogP contribution in [0, 0.1) is 0 Å². The Hall–Kier alpha value is -6.52. The highest BCUT2D eigenvalue weighted by atomic mass is 16.3. The van der Waals surface area contributed by atoms with E-state index in [4.69, 9.17) is 14.4 Å². The quantitative estimate of drug-likeness (QED) is 0.199. The summed E-state index contributed by atoms with van der Waals surface area (Å²) in [6.45, 7) is 0. The van der Waals surface area contributed by atoms with Crippen LogP contribution in [-0.4, -0.2) is 11.7 Å². The van der Waals surface area contributed by atoms with Gasteiger partial charge in [0.1, 0.15) is 22.8 Å². The Balaban J connectivity index is 1.11. The average Bonchev–Trinajstić information content (AvgIpc) is 3.58. The van der Waals surface area contributed by atoms with Gasteiger partial charge in [-0.1, -0.05) is 164 Å². The summed E-state index contributed by atoms with van der Waals surface area (Å²) in [5.41, 5.74) is 11.7. The van der Waals surface area contributed by atoms with Gasteiger partial charge in [-0.05, 0) is 51.1 Å². The Kier molecular flexibility index (Phi) is 7.17. The number of nitrogens with one attached hydrogen (secondary N) is 1. The average molecular weight is 630 g/mol. The van der Waals surface area contributed by atoms with Gasteiger partial charge < -0.3 is 9.73 Å². The second-order valence-corrected chi connectivity index (χ2v) is 12.2. The van der Waals surface area contributed by atoms with Crippen molar-refractivity contribution in [1.29, 1.82) is 0 Å². The second kappa shape index (κ2) is 12.3. The summed E-state index contributed by atoms with van der Waals surface area (Å²) in [4.78, 5) is 10.4. The molecular formula is C45H31N3O. The standard InChI is InChI=1S/C45H31N3O/c1-3-12-30(13-4-1)31-22-24-32(25-23-31)33-26-28-35(29-27-33)44-46-43(34-14-5-2-6-15-34)47-45(48-44)38-17-8-7-16-36(38)37-19-11-21-41-42(37)39-18-9-10-20-40(39)49-41/h1-29,44H,(H,46,47,48). The van der Waals surface area contributed by atoms with Crippen LogP contribution in [0.1, 0.15) is 22.9 Å². The molecule has 9 rings (SSSR count). The molecule has 1 atom stereocenters. The molecule has 4 heteroatoms. The highest BCUT2D eigenvalue weighted by molar-refractivity contribution is 6.20. The Morgan fingerprint density at radius 3 is 1.61 bits per heavy atom. The third kappa shape index (κ3) is 5.39. The first-order chi connectivity index (χ1) is 24.3. The molecule has 0 fully saturated rings. The van der Waals surface area contributed by atoms with E-state index in [9.17, 15) is 0 Å². The lowest BCUT2D eigenvalue weighted by Gasteiger charge is -2.24. The van der Waals surface area contributed by atoms with Crippen LogP contribution in [0.15, 0.2) is 190 Å². The summed E-state index contributed by atoms with van der Waals surface area (Å²) in [6, 6.07) is 61.0. The maximum Gasteiger partial charge on any atom is 0.169 e. The zero-order valence-electron chi connectivity index (χ0n) is 26.6. The second-order valence-electron chi connectivity index (χ2n) is 12.2. The fraction of sp³-hybridized carbons (Fsp3) is 0.0222. The molecule has 1 N–H and O–H groups in total. The molecule has 1 unspecified atom stereocenters. The van der Waals surface area contributed by atoms with Crippen molar-refractivity contribution in [3.05, 3.63) is 193 Å². The smallest absolute Gasteiger partial charge is 0.169 e. The maximum absolute atomic E-state index is 6.25. The van der Waals surface area contributed by atoms with Crippen LogP contribution in [0.3, 0.4) is 0 Å². The SMILES string of the molecule is c1ccc(C2=NC(c3ccc(-c4ccc(-c5ccccc5)cc4)cc3)N=C(c3ccccc3-c3cccc4oc5ccccc5c34)N2)cc1. The maximum atomic E-state index is 6.25. The summed E-state index contributed by atoms with van der Waals surface area (Å²) in [5, 5.41) is 5.81. The van der Waals surface area contributed by atoms with E-state index in [0.717, 1.165) is 67.0 Å². The molecule has 0 saturated heterocycles. The topological polar surface area (TPSA) is 49.9 Å². The van der Waals surface area contributed by atoms with Crippen molar-refractivity contribution in [3.63, 3.8) is 0 Å². The number of amidine groups is 2. The molecule has 0 spiro atoms. The van der Waals surface area contributed by atoms with Gasteiger partial charge >= 0.3 is 0 Å². The molecule has 49 heavy (non-hydrogen) atoms. The molecule has 0 amide bonds. The molecule has 7 aromatic carbocycles. The van der Waals surface area contributed by atoms with Gasteiger partial charge in [0, 0.05) is 21.9 Å². The van der Waals surface area contributed by atoms with Crippen LogP contribution in [0.5, 0.6) is 0 Å². The van der Waals surface area contributed by atoms with Crippen LogP contribution in [0.25, 0.3) is 55.3 Å². The number of aliphatic imine (C=N–C) groups is 2. The number of para-hydroxylation sites is 1. The first kappa shape index (κ1) is 28.7. The number of hydrogen-bond acceptors (Lipinski definition) is 4. The minimum absolute atomic E-state index is 0.417. The van der Waals surface area contributed by atoms with E-state index < -0.39 is 6.17 Å². The lowest BCUT2D eigenvalue weighted by molar-refractivity contribution is 0.669. The Bertz CT molecular complexity index is 2490. The van der Waals surface area contributed by atoms with Gasteiger partial charge in [-0.2, -0.15) is 0 Å². The fourth-order valence-electron chi connectivity index (χ4n) is 6.74. The number of rotatable bonds is 6. The highest BCUT2D eigenvalue weighted by Gasteiger charge is 2.23. The molecule has 1 aliphatic heterocycles. The minimum atomic E-state index is -0.417. The van der Waals surface area contributed by atoms with E-state index in [2.05, 4.69) is 139 Å². The zero-order valence-corrected chi connectivity index (χ0v) is 26.6. The van der Waals surface area contributed by atoms with E-state index in [1.165, 1.54) is 16.7 Å². The number of furan rings is 1. The first-order valence-corrected chi connectivity index (χ1v) is 16.5. The Morgan fingerprint density at radius 2 is 0.898 bits per heavy atom. The molecule has 1 aliphatic rings. The van der Waals surface area contributed by atoms with Crippen LogP contribution in [0.4, 0.5) is 0 Å². The third-order valence-electron chi connectivity index (χ3n) is 9.20. The highest BCUT2D eigenvalue weighted by Crippen LogP contribution is 2.38. The van der Waals surface area contributed by atoms with Crippen LogP contribution in [-0.2, 0) is 0 Å². The van der Waals surface area contributed by atoms with Gasteiger partial charge in [0.05, 0.1) is 0 Å². The summed E-state index contributed by atoms with van der Waals surface area (Å²) < 4.78 is 6.25. The minimum Gasteiger partial charge on any atom is -0.456 e. The van der Waals surface area contributed by atoms with Gasteiger partial charge in [-0.15, -0.1) is 0 Å². The number of nitrogens with zero attached hydrogens (tertiary/aromatic N) is 2. The van der Waals surface area contributed by atoms with Gasteiger partial charge in [0.15, 0.2) is 6.17 Å². The van der Waals surface area contributed by atoms with Crippen molar-refractivity contribution < 1.29 is 4.42 Å². The van der Waals surface area contributed by atoms with E-state index in [-0.39, 0.29) is 0 Å². The molecule has 232 valence electrons. The lowest BCUT2D eigenvalue weighted by Crippen LogP contribution is -2.36. The monoisotopic (exact) mass is 629 g/mol. The predicted octanol–water partition coefficient (Wildman–Crippen LogP) is 11.1. The van der Waals surface area contributed by atoms with E-state index in [0.29, 0.717) is 0 Å². The van der Waals surface area contributed by atoms with Crippen molar-refractivity contribution in [3.8, 4) is 33.4 Å². The zero-order chi connectivity index (χ0) is 32.6. The van der Waals surface area contributed by atoms with E-state index in [1.807, 2.05) is 42.5 Å². The van der Waals surface area contributed by atoms with Crippen LogP contribution < -0.4 is 5.32 Å². The summed E-state index contributed by atoms with van der Waals surface area (Å²) >= 11 is 0. The molecule has 0 saturated carbocycles. The van der Waals surface area contributed by atoms with Gasteiger partial charge in [-0.25, -0.2) is 9.98 Å². The predicted molar refractivity (Wildman–Crippen MR) is 202 cm³/mol. The Morgan fingerprint density at radius 1 is 0.388 bits per heavy atom. The molecule has 0 radical (unpaired) electrons. The molecule has 0 bridgehead atoms. The third-order valence-corrected chi connectivity index (χ3v) is 9.20. The number of fused-ring (bicyclic) bond motifs is 3. The molecule has 1 aromatic heterocycles.